The van der Waals surface area contributed by atoms with E-state index in [9.17, 15) is 8.78 Å². The Labute approximate surface area is 117 Å². The quantitative estimate of drug-likeness (QED) is 0.855. The van der Waals surface area contributed by atoms with Gasteiger partial charge in [0.05, 0.1) is 0 Å². The molecule has 0 aliphatic carbocycles. The largest absolute Gasteiger partial charge is 0.486 e. The van der Waals surface area contributed by atoms with Crippen LogP contribution in [0.25, 0.3) is 0 Å². The van der Waals surface area contributed by atoms with Crippen molar-refractivity contribution in [3.8, 4) is 5.75 Å². The molecule has 106 valence electrons. The van der Waals surface area contributed by atoms with Gasteiger partial charge in [-0.3, -0.25) is 0 Å². The molecule has 2 aromatic rings. The van der Waals surface area contributed by atoms with Crippen LogP contribution in [0.5, 0.6) is 5.75 Å². The standard InChI is InChI=1S/C16H17F2NO/c1-11-8-14(19)9-12(2)15(11)20-10-16(17,18)13-6-4-3-5-7-13/h3-9H,10,19H2,1-2H3. The van der Waals surface area contributed by atoms with E-state index >= 15 is 0 Å². The number of ether oxygens (including phenoxy) is 1. The van der Waals surface area contributed by atoms with Crippen LogP contribution in [0.4, 0.5) is 14.5 Å². The van der Waals surface area contributed by atoms with Crippen molar-refractivity contribution in [3.05, 3.63) is 59.2 Å². The average Bonchev–Trinajstić information content (AvgIpc) is 2.38. The van der Waals surface area contributed by atoms with E-state index in [0.29, 0.717) is 11.4 Å². The fraction of sp³-hybridized carbons (Fsp3) is 0.250. The fourth-order valence-electron chi connectivity index (χ4n) is 2.14. The van der Waals surface area contributed by atoms with Gasteiger partial charge in [-0.2, -0.15) is 8.78 Å². The van der Waals surface area contributed by atoms with Crippen LogP contribution >= 0.6 is 0 Å². The van der Waals surface area contributed by atoms with Gasteiger partial charge >= 0.3 is 5.92 Å². The van der Waals surface area contributed by atoms with Gasteiger partial charge in [-0.05, 0) is 37.1 Å². The molecule has 2 nitrogen and oxygen atoms in total. The van der Waals surface area contributed by atoms with Crippen molar-refractivity contribution in [2.24, 2.45) is 0 Å². The summed E-state index contributed by atoms with van der Waals surface area (Å²) < 4.78 is 33.4. The van der Waals surface area contributed by atoms with Crippen LogP contribution in [0.1, 0.15) is 16.7 Å². The summed E-state index contributed by atoms with van der Waals surface area (Å²) in [6.45, 7) is 2.89. The highest BCUT2D eigenvalue weighted by Gasteiger charge is 2.32. The van der Waals surface area contributed by atoms with E-state index in [1.807, 2.05) is 0 Å². The van der Waals surface area contributed by atoms with Crippen molar-refractivity contribution in [2.75, 3.05) is 12.3 Å². The first-order valence-corrected chi connectivity index (χ1v) is 6.33. The van der Waals surface area contributed by atoms with Crippen LogP contribution in [-0.2, 0) is 5.92 Å². The third-order valence-electron chi connectivity index (χ3n) is 3.08. The van der Waals surface area contributed by atoms with E-state index in [2.05, 4.69) is 0 Å². The molecule has 0 aliphatic rings. The lowest BCUT2D eigenvalue weighted by molar-refractivity contribution is -0.0470. The van der Waals surface area contributed by atoms with Crippen LogP contribution in [-0.4, -0.2) is 6.61 Å². The van der Waals surface area contributed by atoms with Gasteiger partial charge in [-0.25, -0.2) is 0 Å². The normalized spacial score (nSPS) is 11.4. The maximum atomic E-state index is 14.0. The molecule has 0 radical (unpaired) electrons. The highest BCUT2D eigenvalue weighted by Crippen LogP contribution is 2.31. The summed E-state index contributed by atoms with van der Waals surface area (Å²) in [5, 5.41) is 0. The van der Waals surface area contributed by atoms with Gasteiger partial charge < -0.3 is 10.5 Å². The van der Waals surface area contributed by atoms with Crippen LogP contribution in [0.2, 0.25) is 0 Å². The molecule has 0 atom stereocenters. The number of benzene rings is 2. The zero-order valence-electron chi connectivity index (χ0n) is 11.5. The number of rotatable bonds is 4. The fourth-order valence-corrected chi connectivity index (χ4v) is 2.14. The topological polar surface area (TPSA) is 35.2 Å². The lowest BCUT2D eigenvalue weighted by atomic mass is 10.1. The second kappa shape index (κ2) is 5.49. The number of hydrogen-bond donors (Lipinski definition) is 1. The Bertz CT molecular complexity index is 574. The molecule has 2 rings (SSSR count). The summed E-state index contributed by atoms with van der Waals surface area (Å²) in [6.07, 6.45) is 0. The molecule has 0 amide bonds. The summed E-state index contributed by atoms with van der Waals surface area (Å²) in [7, 11) is 0. The van der Waals surface area contributed by atoms with Crippen LogP contribution in [0.3, 0.4) is 0 Å². The monoisotopic (exact) mass is 277 g/mol. The molecular formula is C16H17F2NO. The summed E-state index contributed by atoms with van der Waals surface area (Å²) >= 11 is 0. The van der Waals surface area contributed by atoms with Crippen molar-refractivity contribution in [3.63, 3.8) is 0 Å². The number of hydrogen-bond acceptors (Lipinski definition) is 2. The first-order chi connectivity index (χ1) is 9.40. The van der Waals surface area contributed by atoms with Crippen LogP contribution in [0.15, 0.2) is 42.5 Å². The predicted octanol–water partition coefficient (Wildman–Crippen LogP) is 4.06. The van der Waals surface area contributed by atoms with E-state index in [1.54, 1.807) is 44.2 Å². The van der Waals surface area contributed by atoms with Gasteiger partial charge in [0.25, 0.3) is 0 Å². The molecule has 4 heteroatoms. The minimum Gasteiger partial charge on any atom is -0.486 e. The molecule has 20 heavy (non-hydrogen) atoms. The number of halogens is 2. The Morgan fingerprint density at radius 2 is 1.60 bits per heavy atom. The predicted molar refractivity (Wildman–Crippen MR) is 76.2 cm³/mol. The van der Waals surface area contributed by atoms with Crippen molar-refractivity contribution in [1.82, 2.24) is 0 Å². The lowest BCUT2D eigenvalue weighted by Gasteiger charge is -2.19. The number of nitrogens with two attached hydrogens (primary N) is 1. The molecule has 0 bridgehead atoms. The first-order valence-electron chi connectivity index (χ1n) is 6.33. The second-order valence-electron chi connectivity index (χ2n) is 4.84. The van der Waals surface area contributed by atoms with Gasteiger partial charge in [-0.1, -0.05) is 30.3 Å². The van der Waals surface area contributed by atoms with Gasteiger partial charge in [-0.15, -0.1) is 0 Å². The summed E-state index contributed by atoms with van der Waals surface area (Å²) in [5.74, 6) is -2.56. The molecule has 2 aromatic carbocycles. The van der Waals surface area contributed by atoms with Crippen molar-refractivity contribution in [1.29, 1.82) is 0 Å². The van der Waals surface area contributed by atoms with E-state index < -0.39 is 12.5 Å². The van der Waals surface area contributed by atoms with Crippen LogP contribution in [0, 0.1) is 13.8 Å². The number of alkyl halides is 2. The van der Waals surface area contributed by atoms with E-state index in [1.165, 1.54) is 12.1 Å². The Morgan fingerprint density at radius 1 is 1.05 bits per heavy atom. The Hall–Kier alpha value is -2.10. The van der Waals surface area contributed by atoms with Gasteiger partial charge in [0, 0.05) is 11.3 Å². The van der Waals surface area contributed by atoms with E-state index in [-0.39, 0.29) is 5.56 Å². The zero-order chi connectivity index (χ0) is 14.8. The molecule has 0 aliphatic heterocycles. The zero-order valence-corrected chi connectivity index (χ0v) is 11.5. The lowest BCUT2D eigenvalue weighted by Crippen LogP contribution is -2.23. The SMILES string of the molecule is Cc1cc(N)cc(C)c1OCC(F)(F)c1ccccc1. The number of anilines is 1. The number of aryl methyl sites for hydroxylation is 2. The average molecular weight is 277 g/mol. The third kappa shape index (κ3) is 3.07. The Kier molecular flexibility index (Phi) is 3.93. The summed E-state index contributed by atoms with van der Waals surface area (Å²) in [6, 6.07) is 11.1. The van der Waals surface area contributed by atoms with Crippen molar-refractivity contribution >= 4 is 5.69 Å². The first kappa shape index (κ1) is 14.3. The second-order valence-corrected chi connectivity index (χ2v) is 4.84. The Balaban J connectivity index is 2.17. The molecular weight excluding hydrogens is 260 g/mol. The molecule has 0 aromatic heterocycles. The van der Waals surface area contributed by atoms with Gasteiger partial charge in [0.2, 0.25) is 0 Å². The van der Waals surface area contributed by atoms with Crippen LogP contribution < -0.4 is 10.5 Å². The molecule has 0 saturated carbocycles. The van der Waals surface area contributed by atoms with Gasteiger partial charge in [0.1, 0.15) is 5.75 Å². The molecule has 0 saturated heterocycles. The number of nitrogen functional groups attached to an aromatic ring is 1. The van der Waals surface area contributed by atoms with E-state index in [4.69, 9.17) is 10.5 Å². The van der Waals surface area contributed by atoms with Crippen molar-refractivity contribution in [2.45, 2.75) is 19.8 Å². The van der Waals surface area contributed by atoms with Gasteiger partial charge in [0.15, 0.2) is 6.61 Å². The molecule has 0 fully saturated rings. The molecule has 0 unspecified atom stereocenters. The maximum Gasteiger partial charge on any atom is 0.306 e. The highest BCUT2D eigenvalue weighted by molar-refractivity contribution is 5.52. The highest BCUT2D eigenvalue weighted by atomic mass is 19.3. The summed E-state index contributed by atoms with van der Waals surface area (Å²) in [4.78, 5) is 0. The smallest absolute Gasteiger partial charge is 0.306 e. The minimum absolute atomic E-state index is 0.0502. The summed E-state index contributed by atoms with van der Waals surface area (Å²) in [5.41, 5.74) is 7.76. The molecule has 2 N–H and O–H groups in total. The maximum absolute atomic E-state index is 14.0. The minimum atomic E-state index is -3.03. The van der Waals surface area contributed by atoms with Crippen molar-refractivity contribution < 1.29 is 13.5 Å². The molecule has 0 heterocycles. The molecule has 0 spiro atoms. The van der Waals surface area contributed by atoms with E-state index in [0.717, 1.165) is 11.1 Å². The third-order valence-corrected chi connectivity index (χ3v) is 3.08. The Morgan fingerprint density at radius 3 is 2.15 bits per heavy atom.